The minimum atomic E-state index is -5.46. The molecular weight excluding hydrogens is 643 g/mol. The van der Waals surface area contributed by atoms with Crippen LogP contribution in [0.25, 0.3) is 10.1 Å². The van der Waals surface area contributed by atoms with Gasteiger partial charge in [0.15, 0.2) is 11.5 Å². The molecule has 218 valence electrons. The van der Waals surface area contributed by atoms with Crippen molar-refractivity contribution in [3.05, 3.63) is 51.0 Å². The first kappa shape index (κ1) is 32.4. The van der Waals surface area contributed by atoms with Gasteiger partial charge in [-0.1, -0.05) is 29.3 Å². The first-order chi connectivity index (χ1) is 18.6. The molecule has 2 aromatic carbocycles. The van der Waals surface area contributed by atoms with Crippen LogP contribution in [-0.4, -0.2) is 44.5 Å². The topological polar surface area (TPSA) is 198 Å². The molecule has 0 spiro atoms. The van der Waals surface area contributed by atoms with E-state index in [0.717, 1.165) is 12.1 Å². The molecule has 3 aromatic rings. The Morgan fingerprint density at radius 3 is 2.17 bits per heavy atom. The van der Waals surface area contributed by atoms with Crippen molar-refractivity contribution in [1.82, 2.24) is 4.72 Å². The molecule has 7 N–H and O–H groups in total. The summed E-state index contributed by atoms with van der Waals surface area (Å²) in [6.07, 6.45) is -5.06. The predicted molar refractivity (Wildman–Crippen MR) is 142 cm³/mol. The molecule has 0 aliphatic rings. The Morgan fingerprint density at radius 2 is 1.68 bits per heavy atom. The van der Waals surface area contributed by atoms with Crippen molar-refractivity contribution in [3.63, 3.8) is 0 Å². The fraction of sp³-hybridized carbons (Fsp3) is 0.286. The fourth-order valence-electron chi connectivity index (χ4n) is 3.43. The van der Waals surface area contributed by atoms with Gasteiger partial charge < -0.3 is 30.7 Å². The average molecular weight is 663 g/mol. The van der Waals surface area contributed by atoms with E-state index >= 15 is 0 Å². The second-order valence-corrected chi connectivity index (χ2v) is 13.3. The van der Waals surface area contributed by atoms with Crippen molar-refractivity contribution < 1.29 is 45.4 Å². The fourth-order valence-corrected chi connectivity index (χ4v) is 8.13. The van der Waals surface area contributed by atoms with Crippen molar-refractivity contribution >= 4 is 62.2 Å². The first-order valence-electron chi connectivity index (χ1n) is 10.9. The van der Waals surface area contributed by atoms with Crippen LogP contribution in [0, 0.1) is 11.3 Å². The highest BCUT2D eigenvalue weighted by Crippen LogP contribution is 2.53. The van der Waals surface area contributed by atoms with E-state index in [-0.39, 0.29) is 57.9 Å². The molecule has 0 saturated carbocycles. The summed E-state index contributed by atoms with van der Waals surface area (Å²) in [6.45, 7) is 0.162. The van der Waals surface area contributed by atoms with E-state index in [1.807, 2.05) is 0 Å². The number of thiophene rings is 1. The van der Waals surface area contributed by atoms with E-state index in [1.54, 1.807) is 4.72 Å². The molecule has 19 heteroatoms. The minimum absolute atomic E-state index is 0.00685. The molecule has 0 amide bonds. The number of fused-ring (bicyclic) bond motifs is 1. The number of hydrogen-bond donors (Lipinski definition) is 5. The number of hydrogen-bond acceptors (Lipinski definition) is 9. The van der Waals surface area contributed by atoms with Gasteiger partial charge in [-0.2, -0.15) is 23.2 Å². The summed E-state index contributed by atoms with van der Waals surface area (Å²) in [5.41, 5.74) is 7.91. The second-order valence-electron chi connectivity index (χ2n) is 7.90. The average Bonchev–Trinajstić information content (AvgIpc) is 3.34. The van der Waals surface area contributed by atoms with Crippen LogP contribution in [0.15, 0.2) is 28.5 Å². The molecule has 1 heterocycles. The molecule has 1 atom stereocenters. The van der Waals surface area contributed by atoms with E-state index in [2.05, 4.69) is 0 Å². The Labute approximate surface area is 239 Å². The highest BCUT2D eigenvalue weighted by Gasteiger charge is 2.39. The molecule has 0 fully saturated rings. The van der Waals surface area contributed by atoms with Gasteiger partial charge in [0.05, 0.1) is 26.9 Å². The molecule has 11 nitrogen and oxygen atoms in total. The van der Waals surface area contributed by atoms with Crippen LogP contribution in [0.5, 0.6) is 11.5 Å². The molecule has 3 rings (SSSR count). The molecule has 1 unspecified atom stereocenters. The molecule has 40 heavy (non-hydrogen) atoms. The Bertz CT molecular complexity index is 1570. The summed E-state index contributed by atoms with van der Waals surface area (Å²) in [5, 5.41) is 8.86. The summed E-state index contributed by atoms with van der Waals surface area (Å²) >= 11 is 13.5. The molecule has 0 saturated heterocycles. The SMILES string of the molecule is N#Cc1ccc(C(NS(=O)(=O)c2cc3c(Cl)c(OCCN)c(OCCN)c(Cl)c3s2)P(=O)(O)O)cc1C(F)(F)F. The summed E-state index contributed by atoms with van der Waals surface area (Å²) < 4.78 is 91.6. The van der Waals surface area contributed by atoms with Gasteiger partial charge in [0, 0.05) is 18.5 Å². The summed E-state index contributed by atoms with van der Waals surface area (Å²) in [5.74, 6) is -2.52. The number of ether oxygens (including phenoxy) is 2. The van der Waals surface area contributed by atoms with E-state index in [4.69, 9.17) is 49.4 Å². The van der Waals surface area contributed by atoms with Gasteiger partial charge in [0.2, 0.25) is 0 Å². The lowest BCUT2D eigenvalue weighted by Gasteiger charge is -2.21. The lowest BCUT2D eigenvalue weighted by atomic mass is 10.0. The van der Waals surface area contributed by atoms with Crippen molar-refractivity contribution in [3.8, 4) is 17.6 Å². The zero-order valence-corrected chi connectivity index (χ0v) is 23.9. The van der Waals surface area contributed by atoms with Crippen LogP contribution in [0.2, 0.25) is 10.0 Å². The highest BCUT2D eigenvalue weighted by atomic mass is 35.5. The molecule has 0 bridgehead atoms. The van der Waals surface area contributed by atoms with Crippen LogP contribution in [0.1, 0.15) is 22.5 Å². The number of nitrogens with one attached hydrogen (secondary N) is 1. The van der Waals surface area contributed by atoms with Crippen LogP contribution in [-0.2, 0) is 20.8 Å². The Hall–Kier alpha value is -2.16. The molecule has 0 aliphatic carbocycles. The van der Waals surface area contributed by atoms with E-state index in [1.165, 1.54) is 6.07 Å². The zero-order valence-electron chi connectivity index (χ0n) is 19.9. The second kappa shape index (κ2) is 12.4. The minimum Gasteiger partial charge on any atom is -0.487 e. The molecule has 0 aliphatic heterocycles. The van der Waals surface area contributed by atoms with E-state index in [9.17, 15) is 35.9 Å². The van der Waals surface area contributed by atoms with Gasteiger partial charge in [-0.3, -0.25) is 4.57 Å². The molecule has 0 radical (unpaired) electrons. The zero-order chi connectivity index (χ0) is 30.0. The third kappa shape index (κ3) is 6.82. The number of nitrogens with two attached hydrogens (primary N) is 2. The van der Waals surface area contributed by atoms with Crippen LogP contribution in [0.3, 0.4) is 0 Å². The molecule has 1 aromatic heterocycles. The number of benzene rings is 2. The standard InChI is InChI=1S/C21H20Cl2F3N4O7PS2/c22-15-12-8-14(39-19(12)16(23)18(37-6-4-28)17(15)36-5-3-27)40(34,35)30-20(38(31,32)33)10-1-2-11(9-29)13(7-10)21(24,25)26/h1-2,7-8,20,30H,3-6,27-28H2,(H2,31,32,33). The van der Waals surface area contributed by atoms with Gasteiger partial charge in [-0.25, -0.2) is 8.42 Å². The third-order valence-electron chi connectivity index (χ3n) is 5.13. The van der Waals surface area contributed by atoms with Crippen molar-refractivity contribution in [1.29, 1.82) is 5.26 Å². The number of sulfonamides is 1. The van der Waals surface area contributed by atoms with Crippen LogP contribution >= 0.6 is 42.1 Å². The third-order valence-corrected chi connectivity index (χ3v) is 10.3. The summed E-state index contributed by atoms with van der Waals surface area (Å²) in [6, 6.07) is 4.17. The van der Waals surface area contributed by atoms with Crippen molar-refractivity contribution in [2.75, 3.05) is 26.3 Å². The maximum absolute atomic E-state index is 13.5. The number of nitrogens with zero attached hydrogens (tertiary/aromatic N) is 1. The lowest BCUT2D eigenvalue weighted by Crippen LogP contribution is -2.28. The maximum Gasteiger partial charge on any atom is 0.417 e. The van der Waals surface area contributed by atoms with Gasteiger partial charge in [0.25, 0.3) is 10.0 Å². The number of rotatable bonds is 11. The number of halogens is 5. The Balaban J connectivity index is 2.15. The van der Waals surface area contributed by atoms with Gasteiger partial charge in [0.1, 0.15) is 28.2 Å². The van der Waals surface area contributed by atoms with Crippen molar-refractivity contribution in [2.45, 2.75) is 16.2 Å². The molecular formula is C21H20Cl2F3N4O7PS2. The Kier molecular flexibility index (Phi) is 10.0. The maximum atomic E-state index is 13.5. The van der Waals surface area contributed by atoms with Gasteiger partial charge >= 0.3 is 13.8 Å². The highest BCUT2D eigenvalue weighted by molar-refractivity contribution is 7.92. The number of alkyl halides is 3. The van der Waals surface area contributed by atoms with Crippen LogP contribution in [0.4, 0.5) is 13.2 Å². The van der Waals surface area contributed by atoms with E-state index < -0.39 is 50.5 Å². The Morgan fingerprint density at radius 1 is 1.10 bits per heavy atom. The van der Waals surface area contributed by atoms with Gasteiger partial charge in [-0.15, -0.1) is 11.3 Å². The normalized spacial score (nSPS) is 13.3. The van der Waals surface area contributed by atoms with Crippen LogP contribution < -0.4 is 25.7 Å². The smallest absolute Gasteiger partial charge is 0.417 e. The quantitative estimate of drug-likeness (QED) is 0.187. The summed E-state index contributed by atoms with van der Waals surface area (Å²) in [4.78, 5) is 19.7. The monoisotopic (exact) mass is 662 g/mol. The lowest BCUT2D eigenvalue weighted by molar-refractivity contribution is -0.137. The summed E-state index contributed by atoms with van der Waals surface area (Å²) in [7, 11) is -10.3. The predicted octanol–water partition coefficient (Wildman–Crippen LogP) is 3.93. The first-order valence-corrected chi connectivity index (χ1v) is 15.6. The van der Waals surface area contributed by atoms with Crippen molar-refractivity contribution in [2.24, 2.45) is 11.5 Å². The largest absolute Gasteiger partial charge is 0.487 e. The van der Waals surface area contributed by atoms with Gasteiger partial charge in [-0.05, 0) is 23.8 Å². The number of nitriles is 1. The van der Waals surface area contributed by atoms with E-state index in [0.29, 0.717) is 23.5 Å².